The molecule has 162 valence electrons. The molecule has 5 heteroatoms. The van der Waals surface area contributed by atoms with Crippen LogP contribution in [0.1, 0.15) is 50.4 Å². The molecule has 1 aromatic carbocycles. The second-order valence-electron chi connectivity index (χ2n) is 8.23. The molecule has 1 aliphatic rings. The van der Waals surface area contributed by atoms with E-state index in [9.17, 15) is 25.2 Å². The van der Waals surface area contributed by atoms with E-state index in [1.807, 2.05) is 26.8 Å². The average Bonchev–Trinajstić information content (AvgIpc) is 2.70. The van der Waals surface area contributed by atoms with Crippen molar-refractivity contribution in [3.05, 3.63) is 83.5 Å². The summed E-state index contributed by atoms with van der Waals surface area (Å²) in [4.78, 5) is 12.4. The van der Waals surface area contributed by atoms with Crippen LogP contribution in [0.4, 0.5) is 0 Å². The van der Waals surface area contributed by atoms with Crippen molar-refractivity contribution >= 4 is 5.78 Å². The molecule has 1 aliphatic carbocycles. The van der Waals surface area contributed by atoms with E-state index in [0.717, 1.165) is 24.5 Å². The molecule has 0 amide bonds. The molecule has 2 rings (SSSR count). The van der Waals surface area contributed by atoms with Crippen LogP contribution in [-0.4, -0.2) is 43.7 Å². The van der Waals surface area contributed by atoms with Crippen LogP contribution >= 0.6 is 0 Å². The van der Waals surface area contributed by atoms with Gasteiger partial charge in [0.1, 0.15) is 11.7 Å². The number of hydrogen-bond acceptors (Lipinski definition) is 5. The molecule has 0 saturated carbocycles. The number of benzene rings is 1. The number of allylic oxidation sites excluding steroid dienone is 4. The monoisotopic (exact) mass is 412 g/mol. The van der Waals surface area contributed by atoms with Gasteiger partial charge in [0.15, 0.2) is 5.78 Å². The number of aliphatic hydroxyl groups is 4. The van der Waals surface area contributed by atoms with Gasteiger partial charge in [0.2, 0.25) is 5.79 Å². The first kappa shape index (κ1) is 24.0. The van der Waals surface area contributed by atoms with Crippen molar-refractivity contribution in [2.75, 3.05) is 0 Å². The average molecular weight is 413 g/mol. The highest BCUT2D eigenvalue weighted by molar-refractivity contribution is 6.04. The van der Waals surface area contributed by atoms with E-state index < -0.39 is 23.4 Å². The lowest BCUT2D eigenvalue weighted by Gasteiger charge is -2.44. The van der Waals surface area contributed by atoms with Gasteiger partial charge in [-0.3, -0.25) is 4.79 Å². The van der Waals surface area contributed by atoms with Gasteiger partial charge >= 0.3 is 0 Å². The molecule has 4 N–H and O–H groups in total. The lowest BCUT2D eigenvalue weighted by Crippen LogP contribution is -2.61. The maximum atomic E-state index is 12.4. The topological polar surface area (TPSA) is 98.0 Å². The molecule has 0 spiro atoms. The zero-order valence-electron chi connectivity index (χ0n) is 17.8. The molecule has 0 bridgehead atoms. The predicted molar refractivity (Wildman–Crippen MR) is 118 cm³/mol. The second kappa shape index (κ2) is 10.1. The Hall–Kier alpha value is -2.31. The largest absolute Gasteiger partial charge is 0.386 e. The first-order valence-electron chi connectivity index (χ1n) is 10.2. The van der Waals surface area contributed by atoms with Crippen LogP contribution in [0.15, 0.2) is 77.9 Å². The number of aliphatic hydroxyl groups excluding tert-OH is 1. The summed E-state index contributed by atoms with van der Waals surface area (Å²) in [6, 6.07) is 8.71. The molecule has 30 heavy (non-hydrogen) atoms. The van der Waals surface area contributed by atoms with E-state index in [2.05, 4.69) is 6.08 Å². The van der Waals surface area contributed by atoms with Crippen molar-refractivity contribution in [1.82, 2.24) is 0 Å². The Balaban J connectivity index is 2.23. The fourth-order valence-electron chi connectivity index (χ4n) is 3.45. The van der Waals surface area contributed by atoms with Gasteiger partial charge in [0.05, 0.1) is 0 Å². The van der Waals surface area contributed by atoms with Gasteiger partial charge < -0.3 is 20.4 Å². The molecule has 0 fully saturated rings. The van der Waals surface area contributed by atoms with E-state index in [1.165, 1.54) is 23.8 Å². The van der Waals surface area contributed by atoms with Gasteiger partial charge in [-0.05, 0) is 52.2 Å². The van der Waals surface area contributed by atoms with Gasteiger partial charge in [-0.15, -0.1) is 0 Å². The van der Waals surface area contributed by atoms with Crippen LogP contribution in [0.25, 0.3) is 0 Å². The van der Waals surface area contributed by atoms with E-state index in [1.54, 1.807) is 30.3 Å². The molecule has 3 atom stereocenters. The Labute approximate surface area is 178 Å². The summed E-state index contributed by atoms with van der Waals surface area (Å²) in [5.41, 5.74) is 0.884. The molecular formula is C25H32O5. The highest BCUT2D eigenvalue weighted by Gasteiger charge is 2.52. The maximum Gasteiger partial charge on any atom is 0.212 e. The number of carbonyl (C=O) groups excluding carboxylic acids is 1. The van der Waals surface area contributed by atoms with Crippen LogP contribution in [0.2, 0.25) is 0 Å². The van der Waals surface area contributed by atoms with Crippen LogP contribution in [0.5, 0.6) is 0 Å². The first-order valence-corrected chi connectivity index (χ1v) is 10.2. The van der Waals surface area contributed by atoms with Gasteiger partial charge in [0, 0.05) is 11.5 Å². The van der Waals surface area contributed by atoms with Crippen LogP contribution in [-0.2, 0) is 0 Å². The van der Waals surface area contributed by atoms with Crippen LogP contribution in [0.3, 0.4) is 0 Å². The van der Waals surface area contributed by atoms with Crippen molar-refractivity contribution in [2.45, 2.75) is 57.5 Å². The predicted octanol–water partition coefficient (Wildman–Crippen LogP) is 3.47. The molecule has 3 unspecified atom stereocenters. The Morgan fingerprint density at radius 3 is 2.37 bits per heavy atom. The standard InChI is InChI=1S/C25H32O5/c1-18(2)8-7-9-19(3)14-16-24(28)21(15-17-25(29,30)23(24)27)12-13-22(26)20-10-5-4-6-11-20/h4-6,8,10-15,17,21,23,27-30H,7,9,16H2,1-3H3/b13-12?,19-14+. The highest BCUT2D eigenvalue weighted by Crippen LogP contribution is 2.38. The molecule has 0 heterocycles. The summed E-state index contributed by atoms with van der Waals surface area (Å²) < 4.78 is 0. The normalized spacial score (nSPS) is 26.0. The lowest BCUT2D eigenvalue weighted by atomic mass is 9.72. The highest BCUT2D eigenvalue weighted by atomic mass is 16.5. The summed E-state index contributed by atoms with van der Waals surface area (Å²) in [6.45, 7) is 5.99. The van der Waals surface area contributed by atoms with Gasteiger partial charge in [-0.2, -0.15) is 0 Å². The third-order valence-corrected chi connectivity index (χ3v) is 5.38. The zero-order valence-corrected chi connectivity index (χ0v) is 17.8. The number of hydrogen-bond donors (Lipinski definition) is 4. The van der Waals surface area contributed by atoms with E-state index in [-0.39, 0.29) is 12.2 Å². The Bertz CT molecular complexity index is 844. The van der Waals surface area contributed by atoms with Crippen LogP contribution in [0, 0.1) is 5.92 Å². The third-order valence-electron chi connectivity index (χ3n) is 5.38. The van der Waals surface area contributed by atoms with E-state index in [0.29, 0.717) is 5.56 Å². The zero-order chi connectivity index (χ0) is 22.4. The summed E-state index contributed by atoms with van der Waals surface area (Å²) in [5.74, 6) is -3.56. The minimum Gasteiger partial charge on any atom is -0.386 e. The lowest BCUT2D eigenvalue weighted by molar-refractivity contribution is -0.254. The number of ketones is 1. The Morgan fingerprint density at radius 1 is 1.07 bits per heavy atom. The van der Waals surface area contributed by atoms with Crippen molar-refractivity contribution in [2.24, 2.45) is 5.92 Å². The van der Waals surface area contributed by atoms with Gasteiger partial charge in [0.25, 0.3) is 0 Å². The SMILES string of the molecule is CC(C)=CCC/C(C)=C/CC1(O)C(C=CC(=O)c2ccccc2)C=CC(O)(O)C1O. The fourth-order valence-corrected chi connectivity index (χ4v) is 3.45. The van der Waals surface area contributed by atoms with Gasteiger partial charge in [-0.1, -0.05) is 65.8 Å². The molecule has 0 saturated heterocycles. The second-order valence-corrected chi connectivity index (χ2v) is 8.23. The van der Waals surface area contributed by atoms with Crippen LogP contribution < -0.4 is 0 Å². The van der Waals surface area contributed by atoms with E-state index >= 15 is 0 Å². The van der Waals surface area contributed by atoms with Crippen molar-refractivity contribution < 1.29 is 25.2 Å². The molecule has 0 aliphatic heterocycles. The molecular weight excluding hydrogens is 380 g/mol. The minimum absolute atomic E-state index is 0.0105. The minimum atomic E-state index is -2.55. The fraction of sp³-hybridized carbons (Fsp3) is 0.400. The quantitative estimate of drug-likeness (QED) is 0.227. The molecule has 0 radical (unpaired) electrons. The van der Waals surface area contributed by atoms with Crippen molar-refractivity contribution in [3.8, 4) is 0 Å². The summed E-state index contributed by atoms with van der Waals surface area (Å²) in [6.07, 6.45) is 9.05. The number of rotatable bonds is 8. The van der Waals surface area contributed by atoms with Crippen molar-refractivity contribution in [1.29, 1.82) is 0 Å². The number of carbonyl (C=O) groups is 1. The molecule has 5 nitrogen and oxygen atoms in total. The smallest absolute Gasteiger partial charge is 0.212 e. The summed E-state index contributed by atoms with van der Waals surface area (Å²) in [5, 5.41) is 41.9. The third kappa shape index (κ3) is 6.09. The first-order chi connectivity index (χ1) is 14.1. The maximum absolute atomic E-state index is 12.4. The summed E-state index contributed by atoms with van der Waals surface area (Å²) >= 11 is 0. The molecule has 1 aromatic rings. The van der Waals surface area contributed by atoms with Gasteiger partial charge in [-0.25, -0.2) is 0 Å². The Kier molecular flexibility index (Phi) is 8.10. The van der Waals surface area contributed by atoms with Crippen molar-refractivity contribution in [3.63, 3.8) is 0 Å². The summed E-state index contributed by atoms with van der Waals surface area (Å²) in [7, 11) is 0. The van der Waals surface area contributed by atoms with E-state index in [4.69, 9.17) is 0 Å². The Morgan fingerprint density at radius 2 is 1.73 bits per heavy atom. The molecule has 0 aromatic heterocycles.